The molecule has 0 aromatic carbocycles. The summed E-state index contributed by atoms with van der Waals surface area (Å²) in [6.45, 7) is 2.25. The number of aromatic nitrogens is 1. The second kappa shape index (κ2) is 5.24. The maximum absolute atomic E-state index is 11.5. The molecule has 1 aliphatic rings. The highest BCUT2D eigenvalue weighted by Gasteiger charge is 2.21. The Hall–Kier alpha value is -1.14. The molecule has 2 N–H and O–H groups in total. The summed E-state index contributed by atoms with van der Waals surface area (Å²) in [6, 6.07) is 3.74. The lowest BCUT2D eigenvalue weighted by molar-refractivity contribution is 0.588. The first-order valence-corrected chi connectivity index (χ1v) is 7.65. The molecule has 1 aromatic heterocycles. The van der Waals surface area contributed by atoms with Gasteiger partial charge in [-0.2, -0.15) is 0 Å². The van der Waals surface area contributed by atoms with Crippen molar-refractivity contribution in [2.24, 2.45) is 5.92 Å². The highest BCUT2D eigenvalue weighted by atomic mass is 32.2. The van der Waals surface area contributed by atoms with Crippen LogP contribution in [0.2, 0.25) is 0 Å². The maximum Gasteiger partial charge on any atom is 0.241 e. The third-order valence-electron chi connectivity index (χ3n) is 3.36. The minimum Gasteiger partial charge on any atom is -0.367 e. The van der Waals surface area contributed by atoms with Crippen LogP contribution in [0.3, 0.4) is 0 Å². The van der Waals surface area contributed by atoms with Crippen molar-refractivity contribution in [3.8, 4) is 0 Å². The van der Waals surface area contributed by atoms with E-state index < -0.39 is 10.0 Å². The lowest BCUT2D eigenvalue weighted by Gasteiger charge is -2.13. The van der Waals surface area contributed by atoms with Crippen LogP contribution in [0.25, 0.3) is 0 Å². The van der Waals surface area contributed by atoms with E-state index in [2.05, 4.69) is 21.9 Å². The normalized spacial score (nSPS) is 24.1. The van der Waals surface area contributed by atoms with Crippen LogP contribution in [0.5, 0.6) is 0 Å². The number of pyridine rings is 1. The Morgan fingerprint density at radius 1 is 1.33 bits per heavy atom. The molecule has 1 heterocycles. The van der Waals surface area contributed by atoms with Crippen molar-refractivity contribution in [2.45, 2.75) is 37.1 Å². The largest absolute Gasteiger partial charge is 0.367 e. The van der Waals surface area contributed by atoms with E-state index >= 15 is 0 Å². The molecule has 1 aromatic rings. The lowest BCUT2D eigenvalue weighted by atomic mass is 10.1. The molecular formula is C12H19N3O2S. The number of anilines is 1. The predicted molar refractivity (Wildman–Crippen MR) is 70.9 cm³/mol. The van der Waals surface area contributed by atoms with Gasteiger partial charge in [-0.3, -0.25) is 0 Å². The van der Waals surface area contributed by atoms with Crippen LogP contribution >= 0.6 is 0 Å². The van der Waals surface area contributed by atoms with E-state index in [0.717, 1.165) is 24.6 Å². The highest BCUT2D eigenvalue weighted by molar-refractivity contribution is 7.89. The molecule has 2 atom stereocenters. The first kappa shape index (κ1) is 13.3. The molecule has 1 aliphatic carbocycles. The number of hydrogen-bond acceptors (Lipinski definition) is 4. The standard InChI is InChI=1S/C12H19N3O2S/c1-9-3-4-10(7-9)15-12-6-5-11(8-14-12)18(16,17)13-2/h5-6,8-10,13H,3-4,7H2,1-2H3,(H,14,15). The van der Waals surface area contributed by atoms with E-state index in [9.17, 15) is 8.42 Å². The van der Waals surface area contributed by atoms with E-state index in [0.29, 0.717) is 6.04 Å². The fourth-order valence-corrected chi connectivity index (χ4v) is 2.96. The van der Waals surface area contributed by atoms with Gasteiger partial charge in [-0.05, 0) is 44.4 Å². The summed E-state index contributed by atoms with van der Waals surface area (Å²) in [6.07, 6.45) is 4.92. The summed E-state index contributed by atoms with van der Waals surface area (Å²) in [5.74, 6) is 1.50. The predicted octanol–water partition coefficient (Wildman–Crippen LogP) is 1.59. The number of nitrogens with zero attached hydrogens (tertiary/aromatic N) is 1. The molecule has 0 radical (unpaired) electrons. The van der Waals surface area contributed by atoms with Crippen molar-refractivity contribution >= 4 is 15.8 Å². The summed E-state index contributed by atoms with van der Waals surface area (Å²) in [5, 5.41) is 3.34. The molecule has 0 amide bonds. The van der Waals surface area contributed by atoms with Gasteiger partial charge in [0.25, 0.3) is 0 Å². The van der Waals surface area contributed by atoms with Gasteiger partial charge in [0.1, 0.15) is 10.7 Å². The van der Waals surface area contributed by atoms with Crippen LogP contribution in [0.4, 0.5) is 5.82 Å². The topological polar surface area (TPSA) is 71.1 Å². The van der Waals surface area contributed by atoms with E-state index in [1.807, 2.05) is 0 Å². The molecular weight excluding hydrogens is 250 g/mol. The van der Waals surface area contributed by atoms with Gasteiger partial charge in [0.05, 0.1) is 0 Å². The summed E-state index contributed by atoms with van der Waals surface area (Å²) in [4.78, 5) is 4.34. The summed E-state index contributed by atoms with van der Waals surface area (Å²) >= 11 is 0. The third-order valence-corrected chi connectivity index (χ3v) is 4.76. The van der Waals surface area contributed by atoms with Gasteiger partial charge < -0.3 is 5.32 Å². The SMILES string of the molecule is CNS(=O)(=O)c1ccc(NC2CCC(C)C2)nc1. The quantitative estimate of drug-likeness (QED) is 0.870. The number of hydrogen-bond donors (Lipinski definition) is 2. The lowest BCUT2D eigenvalue weighted by Crippen LogP contribution is -2.19. The molecule has 0 bridgehead atoms. The van der Waals surface area contributed by atoms with E-state index in [-0.39, 0.29) is 4.90 Å². The van der Waals surface area contributed by atoms with Gasteiger partial charge in [0.2, 0.25) is 10.0 Å². The Morgan fingerprint density at radius 2 is 2.11 bits per heavy atom. The van der Waals surface area contributed by atoms with Gasteiger partial charge in [-0.15, -0.1) is 0 Å². The third kappa shape index (κ3) is 3.00. The highest BCUT2D eigenvalue weighted by Crippen LogP contribution is 2.27. The fourth-order valence-electron chi connectivity index (χ4n) is 2.29. The Labute approximate surface area is 108 Å². The Balaban J connectivity index is 2.04. The molecule has 2 unspecified atom stereocenters. The van der Waals surface area contributed by atoms with Crippen molar-refractivity contribution in [1.82, 2.24) is 9.71 Å². The smallest absolute Gasteiger partial charge is 0.241 e. The molecule has 5 nitrogen and oxygen atoms in total. The van der Waals surface area contributed by atoms with Crippen LogP contribution in [-0.2, 0) is 10.0 Å². The molecule has 1 saturated carbocycles. The van der Waals surface area contributed by atoms with Gasteiger partial charge >= 0.3 is 0 Å². The van der Waals surface area contributed by atoms with Gasteiger partial charge in [0, 0.05) is 12.2 Å². The Kier molecular flexibility index (Phi) is 3.87. The molecule has 1 fully saturated rings. The average molecular weight is 269 g/mol. The Bertz CT molecular complexity index is 499. The molecule has 0 spiro atoms. The molecule has 6 heteroatoms. The second-order valence-corrected chi connectivity index (χ2v) is 6.73. The van der Waals surface area contributed by atoms with Crippen LogP contribution in [0.1, 0.15) is 26.2 Å². The maximum atomic E-state index is 11.5. The van der Waals surface area contributed by atoms with Crippen molar-refractivity contribution in [3.05, 3.63) is 18.3 Å². The average Bonchev–Trinajstić information content (AvgIpc) is 2.75. The molecule has 100 valence electrons. The monoisotopic (exact) mass is 269 g/mol. The fraction of sp³-hybridized carbons (Fsp3) is 0.583. The van der Waals surface area contributed by atoms with E-state index in [4.69, 9.17) is 0 Å². The Morgan fingerprint density at radius 3 is 2.61 bits per heavy atom. The van der Waals surface area contributed by atoms with Crippen LogP contribution in [-0.4, -0.2) is 26.5 Å². The van der Waals surface area contributed by atoms with Gasteiger partial charge in [-0.1, -0.05) is 6.92 Å². The van der Waals surface area contributed by atoms with E-state index in [1.54, 1.807) is 12.1 Å². The number of sulfonamides is 1. The minimum atomic E-state index is -3.39. The van der Waals surface area contributed by atoms with Crippen molar-refractivity contribution < 1.29 is 8.42 Å². The van der Waals surface area contributed by atoms with Crippen molar-refractivity contribution in [1.29, 1.82) is 0 Å². The first-order chi connectivity index (χ1) is 8.51. The van der Waals surface area contributed by atoms with E-state index in [1.165, 1.54) is 19.7 Å². The van der Waals surface area contributed by atoms with Crippen LogP contribution in [0.15, 0.2) is 23.2 Å². The zero-order valence-electron chi connectivity index (χ0n) is 10.7. The first-order valence-electron chi connectivity index (χ1n) is 6.17. The zero-order chi connectivity index (χ0) is 13.2. The summed E-state index contributed by atoms with van der Waals surface area (Å²) in [7, 11) is -2.00. The molecule has 0 aliphatic heterocycles. The second-order valence-electron chi connectivity index (χ2n) is 4.85. The number of rotatable bonds is 4. The van der Waals surface area contributed by atoms with Crippen LogP contribution in [0, 0.1) is 5.92 Å². The molecule has 0 saturated heterocycles. The van der Waals surface area contributed by atoms with Gasteiger partial charge in [0.15, 0.2) is 0 Å². The molecule has 2 rings (SSSR count). The summed E-state index contributed by atoms with van der Waals surface area (Å²) in [5.41, 5.74) is 0. The van der Waals surface area contributed by atoms with Gasteiger partial charge in [-0.25, -0.2) is 18.1 Å². The number of nitrogens with one attached hydrogen (secondary N) is 2. The molecule has 18 heavy (non-hydrogen) atoms. The minimum absolute atomic E-state index is 0.190. The summed E-state index contributed by atoms with van der Waals surface area (Å²) < 4.78 is 25.3. The van der Waals surface area contributed by atoms with Crippen LogP contribution < -0.4 is 10.0 Å². The van der Waals surface area contributed by atoms with Crippen molar-refractivity contribution in [2.75, 3.05) is 12.4 Å². The zero-order valence-corrected chi connectivity index (χ0v) is 11.5. The van der Waals surface area contributed by atoms with Crippen molar-refractivity contribution in [3.63, 3.8) is 0 Å².